The molecule has 0 saturated carbocycles. The highest BCUT2D eigenvalue weighted by Crippen LogP contribution is 2.34. The van der Waals surface area contributed by atoms with Crippen LogP contribution in [0, 0.1) is 12.3 Å². The molecule has 0 aromatic heterocycles. The van der Waals surface area contributed by atoms with E-state index in [2.05, 4.69) is 5.92 Å². The largest absolute Gasteiger partial charge is 0.496 e. The Bertz CT molecular complexity index is 407. The summed E-state index contributed by atoms with van der Waals surface area (Å²) in [7, 11) is 1.60. The molecule has 17 heavy (non-hydrogen) atoms. The summed E-state index contributed by atoms with van der Waals surface area (Å²) >= 11 is 0. The van der Waals surface area contributed by atoms with Crippen LogP contribution in [-0.4, -0.2) is 25.3 Å². The van der Waals surface area contributed by atoms with Gasteiger partial charge in [-0.15, -0.1) is 6.42 Å². The number of anilines is 1. The topological polar surface area (TPSA) is 32.7 Å². The van der Waals surface area contributed by atoms with Gasteiger partial charge < -0.3 is 14.7 Å². The van der Waals surface area contributed by atoms with E-state index in [-0.39, 0.29) is 0 Å². The quantitative estimate of drug-likeness (QED) is 0.791. The number of methoxy groups -OCH3 is 1. The molecule has 1 aromatic carbocycles. The Labute approximate surface area is 103 Å². The second-order valence-corrected chi connectivity index (χ2v) is 3.79. The van der Waals surface area contributed by atoms with Crippen LogP contribution in [0.3, 0.4) is 0 Å². The van der Waals surface area contributed by atoms with Crippen molar-refractivity contribution in [3.8, 4) is 18.1 Å². The highest BCUT2D eigenvalue weighted by molar-refractivity contribution is 5.60. The molecule has 0 aliphatic heterocycles. The zero-order valence-corrected chi connectivity index (χ0v) is 10.6. The van der Waals surface area contributed by atoms with E-state index >= 15 is 0 Å². The van der Waals surface area contributed by atoms with E-state index < -0.39 is 6.10 Å². The number of aliphatic hydroxyl groups is 1. The molecule has 0 saturated heterocycles. The van der Waals surface area contributed by atoms with Crippen LogP contribution in [0.15, 0.2) is 18.2 Å². The zero-order chi connectivity index (χ0) is 12.8. The van der Waals surface area contributed by atoms with Gasteiger partial charge in [0.05, 0.1) is 19.8 Å². The van der Waals surface area contributed by atoms with Crippen molar-refractivity contribution in [3.05, 3.63) is 23.8 Å². The number of benzene rings is 1. The van der Waals surface area contributed by atoms with Crippen LogP contribution in [0.4, 0.5) is 5.69 Å². The minimum absolute atomic E-state index is 0.517. The van der Waals surface area contributed by atoms with E-state index in [1.165, 1.54) is 0 Å². The third kappa shape index (κ3) is 2.92. The fourth-order valence-electron chi connectivity index (χ4n) is 1.88. The summed E-state index contributed by atoms with van der Waals surface area (Å²) < 4.78 is 5.28. The Morgan fingerprint density at radius 2 is 2.24 bits per heavy atom. The molecule has 0 amide bonds. The first kappa shape index (κ1) is 13.4. The molecule has 3 heteroatoms. The van der Waals surface area contributed by atoms with Gasteiger partial charge in [0.2, 0.25) is 0 Å². The van der Waals surface area contributed by atoms with Gasteiger partial charge in [0.25, 0.3) is 0 Å². The SMILES string of the molecule is C#CCN(CC)c1cccc(OC)c1[C@H](C)O. The lowest BCUT2D eigenvalue weighted by Crippen LogP contribution is -2.24. The van der Waals surface area contributed by atoms with Gasteiger partial charge in [-0.1, -0.05) is 12.0 Å². The lowest BCUT2D eigenvalue weighted by atomic mass is 10.1. The van der Waals surface area contributed by atoms with E-state index in [1.807, 2.05) is 30.0 Å². The van der Waals surface area contributed by atoms with Crippen molar-refractivity contribution in [3.63, 3.8) is 0 Å². The molecule has 0 radical (unpaired) electrons. The predicted molar refractivity (Wildman–Crippen MR) is 70.3 cm³/mol. The molecule has 0 fully saturated rings. The number of terminal acetylenes is 1. The average molecular weight is 233 g/mol. The molecule has 3 nitrogen and oxygen atoms in total. The lowest BCUT2D eigenvalue weighted by Gasteiger charge is -2.25. The average Bonchev–Trinajstić information content (AvgIpc) is 2.34. The van der Waals surface area contributed by atoms with Gasteiger partial charge in [-0.25, -0.2) is 0 Å². The minimum Gasteiger partial charge on any atom is -0.496 e. The maximum Gasteiger partial charge on any atom is 0.126 e. The minimum atomic E-state index is -0.590. The lowest BCUT2D eigenvalue weighted by molar-refractivity contribution is 0.194. The van der Waals surface area contributed by atoms with Crippen LogP contribution >= 0.6 is 0 Å². The molecule has 0 bridgehead atoms. The molecule has 1 N–H and O–H groups in total. The Balaban J connectivity index is 3.26. The summed E-state index contributed by atoms with van der Waals surface area (Å²) in [5.74, 6) is 3.31. The molecule has 1 atom stereocenters. The van der Waals surface area contributed by atoms with Gasteiger partial charge >= 0.3 is 0 Å². The van der Waals surface area contributed by atoms with Crippen molar-refractivity contribution in [2.24, 2.45) is 0 Å². The Morgan fingerprint density at radius 3 is 2.71 bits per heavy atom. The standard InChI is InChI=1S/C14H19NO2/c1-5-10-15(6-2)12-8-7-9-13(17-4)14(12)11(3)16/h1,7-9,11,16H,6,10H2,2-4H3/t11-/m0/s1. The molecular formula is C14H19NO2. The molecule has 0 heterocycles. The van der Waals surface area contributed by atoms with Crippen molar-refractivity contribution in [2.45, 2.75) is 20.0 Å². The van der Waals surface area contributed by atoms with E-state index in [9.17, 15) is 5.11 Å². The predicted octanol–water partition coefficient (Wildman–Crippen LogP) is 2.21. The van der Waals surface area contributed by atoms with E-state index in [4.69, 9.17) is 11.2 Å². The molecular weight excluding hydrogens is 214 g/mol. The van der Waals surface area contributed by atoms with Gasteiger partial charge in [-0.2, -0.15) is 0 Å². The van der Waals surface area contributed by atoms with Gasteiger partial charge in [0, 0.05) is 17.8 Å². The maximum atomic E-state index is 9.87. The third-order valence-electron chi connectivity index (χ3n) is 2.69. The van der Waals surface area contributed by atoms with Crippen LogP contribution < -0.4 is 9.64 Å². The monoisotopic (exact) mass is 233 g/mol. The number of nitrogens with zero attached hydrogens (tertiary/aromatic N) is 1. The number of ether oxygens (including phenoxy) is 1. The molecule has 0 unspecified atom stereocenters. The molecule has 0 spiro atoms. The highest BCUT2D eigenvalue weighted by atomic mass is 16.5. The summed E-state index contributed by atoms with van der Waals surface area (Å²) in [5.41, 5.74) is 1.71. The van der Waals surface area contributed by atoms with Gasteiger partial charge in [-0.3, -0.25) is 0 Å². The normalized spacial score (nSPS) is 11.7. The van der Waals surface area contributed by atoms with E-state index in [1.54, 1.807) is 14.0 Å². The van der Waals surface area contributed by atoms with Crippen LogP contribution in [0.25, 0.3) is 0 Å². The molecule has 1 rings (SSSR count). The summed E-state index contributed by atoms with van der Waals surface area (Å²) in [4.78, 5) is 2.03. The van der Waals surface area contributed by atoms with Crippen LogP contribution in [0.1, 0.15) is 25.5 Å². The third-order valence-corrected chi connectivity index (χ3v) is 2.69. The maximum absolute atomic E-state index is 9.87. The van der Waals surface area contributed by atoms with Crippen molar-refractivity contribution < 1.29 is 9.84 Å². The summed E-state index contributed by atoms with van der Waals surface area (Å²) in [6, 6.07) is 5.69. The first-order chi connectivity index (χ1) is 8.15. The molecule has 0 aliphatic rings. The van der Waals surface area contributed by atoms with Crippen molar-refractivity contribution in [2.75, 3.05) is 25.1 Å². The van der Waals surface area contributed by atoms with E-state index in [0.717, 1.165) is 17.8 Å². The Hall–Kier alpha value is -1.66. The zero-order valence-electron chi connectivity index (χ0n) is 10.6. The summed E-state index contributed by atoms with van der Waals surface area (Å²) in [5, 5.41) is 9.87. The first-order valence-electron chi connectivity index (χ1n) is 5.69. The number of rotatable bonds is 5. The Morgan fingerprint density at radius 1 is 1.53 bits per heavy atom. The van der Waals surface area contributed by atoms with Gasteiger partial charge in [0.1, 0.15) is 5.75 Å². The van der Waals surface area contributed by atoms with Crippen molar-refractivity contribution in [1.82, 2.24) is 0 Å². The van der Waals surface area contributed by atoms with Crippen LogP contribution in [-0.2, 0) is 0 Å². The number of hydrogen-bond donors (Lipinski definition) is 1. The van der Waals surface area contributed by atoms with Crippen molar-refractivity contribution >= 4 is 5.69 Å². The van der Waals surface area contributed by atoms with Crippen molar-refractivity contribution in [1.29, 1.82) is 0 Å². The Kier molecular flexibility index (Phi) is 4.86. The smallest absolute Gasteiger partial charge is 0.126 e. The second-order valence-electron chi connectivity index (χ2n) is 3.79. The van der Waals surface area contributed by atoms with E-state index in [0.29, 0.717) is 12.3 Å². The van der Waals surface area contributed by atoms with Gasteiger partial charge in [0.15, 0.2) is 0 Å². The fourth-order valence-corrected chi connectivity index (χ4v) is 1.88. The second kappa shape index (κ2) is 6.17. The molecule has 92 valence electrons. The number of hydrogen-bond acceptors (Lipinski definition) is 3. The van der Waals surface area contributed by atoms with Gasteiger partial charge in [-0.05, 0) is 26.0 Å². The van der Waals surface area contributed by atoms with Crippen LogP contribution in [0.2, 0.25) is 0 Å². The fraction of sp³-hybridized carbons (Fsp3) is 0.429. The highest BCUT2D eigenvalue weighted by Gasteiger charge is 2.17. The molecule has 0 aliphatic carbocycles. The molecule has 1 aromatic rings. The summed E-state index contributed by atoms with van der Waals surface area (Å²) in [6.45, 7) is 5.06. The first-order valence-corrected chi connectivity index (χ1v) is 5.69. The van der Waals surface area contributed by atoms with Crippen LogP contribution in [0.5, 0.6) is 5.75 Å². The summed E-state index contributed by atoms with van der Waals surface area (Å²) in [6.07, 6.45) is 4.76. The number of aliphatic hydroxyl groups excluding tert-OH is 1.